The lowest BCUT2D eigenvalue weighted by Gasteiger charge is -2.44. The molecule has 1 aliphatic rings. The summed E-state index contributed by atoms with van der Waals surface area (Å²) in [6.07, 6.45) is 12.1. The van der Waals surface area contributed by atoms with Gasteiger partial charge < -0.3 is 55.0 Å². The van der Waals surface area contributed by atoms with E-state index in [0.717, 1.165) is 70.8 Å². The number of nitrogens with two attached hydrogens (primary N) is 1. The van der Waals surface area contributed by atoms with Crippen LogP contribution in [-0.2, 0) is 50.9 Å². The predicted octanol–water partition coefficient (Wildman–Crippen LogP) is 6.90. The average Bonchev–Trinajstić information content (AvgIpc) is 3.22. The van der Waals surface area contributed by atoms with E-state index in [1.54, 1.807) is 0 Å². The Labute approximate surface area is 380 Å². The number of carbonyl (C=O) groups is 2. The normalized spacial score (nSPS) is 22.0. The van der Waals surface area contributed by atoms with Crippen LogP contribution in [-0.4, -0.2) is 114 Å². The highest BCUT2D eigenvalue weighted by Gasteiger charge is 2.56. The molecule has 23 heteroatoms. The lowest BCUT2D eigenvalue weighted by Crippen LogP contribution is -2.65. The molecule has 0 aromatic carbocycles. The standard InChI is InChI=1S/C41H82NO19P3/c1-2-3-4-5-6-7-8-10-14-17-20-23-26-29-35(44)58-33(31-56-34(43)28-25-22-19-16-13-11-9-12-15-18-21-24-27-30-42)32-57-64(54,55)61-39-36(45)37(46)40(59-62(48,49)50)41(38(39)47)60-63(51,52)53/h33,36-41,45-47H,2-32,42H2,1H3,(H,54,55)(H2,48,49,50)(H2,51,52,53)/t33-,36?,37+,38-,39?,40?,41-/m1/s1. The number of hydrogen-bond acceptors (Lipinski definition) is 15. The number of ether oxygens (including phenoxy) is 2. The Balaban J connectivity index is 2.73. The number of phosphoric acid groups is 3. The summed E-state index contributed by atoms with van der Waals surface area (Å²) in [7, 11) is -16.6. The molecule has 64 heavy (non-hydrogen) atoms. The van der Waals surface area contributed by atoms with Crippen molar-refractivity contribution in [3.63, 3.8) is 0 Å². The first kappa shape index (κ1) is 61.1. The van der Waals surface area contributed by atoms with Gasteiger partial charge in [-0.1, -0.05) is 155 Å². The summed E-state index contributed by atoms with van der Waals surface area (Å²) >= 11 is 0. The number of esters is 2. The van der Waals surface area contributed by atoms with Crippen LogP contribution >= 0.6 is 23.5 Å². The van der Waals surface area contributed by atoms with Gasteiger partial charge in [-0.25, -0.2) is 13.7 Å². The third kappa shape index (κ3) is 31.2. The molecule has 380 valence electrons. The zero-order chi connectivity index (χ0) is 47.9. The average molecular weight is 986 g/mol. The third-order valence-electron chi connectivity index (χ3n) is 11.0. The number of phosphoric ester groups is 3. The van der Waals surface area contributed by atoms with Crippen LogP contribution in [0.15, 0.2) is 0 Å². The van der Waals surface area contributed by atoms with Crippen LogP contribution in [0.5, 0.6) is 0 Å². The van der Waals surface area contributed by atoms with Gasteiger partial charge in [0.1, 0.15) is 43.2 Å². The molecular weight excluding hydrogens is 903 g/mol. The minimum absolute atomic E-state index is 0.00187. The fourth-order valence-electron chi connectivity index (χ4n) is 7.48. The van der Waals surface area contributed by atoms with Crippen molar-refractivity contribution in [1.29, 1.82) is 0 Å². The highest BCUT2D eigenvalue weighted by molar-refractivity contribution is 7.47. The lowest BCUT2D eigenvalue weighted by molar-refractivity contribution is -0.213. The highest BCUT2D eigenvalue weighted by atomic mass is 31.2. The first-order chi connectivity index (χ1) is 30.3. The molecule has 10 N–H and O–H groups in total. The van der Waals surface area contributed by atoms with Crippen LogP contribution in [0.2, 0.25) is 0 Å². The van der Waals surface area contributed by atoms with Crippen molar-refractivity contribution in [3.05, 3.63) is 0 Å². The molecule has 1 aliphatic carbocycles. The second-order valence-corrected chi connectivity index (χ2v) is 20.6. The van der Waals surface area contributed by atoms with E-state index in [4.69, 9.17) is 24.3 Å². The van der Waals surface area contributed by atoms with Crippen molar-refractivity contribution < 1.29 is 90.6 Å². The number of carbonyl (C=O) groups excluding carboxylic acids is 2. The van der Waals surface area contributed by atoms with Gasteiger partial charge in [0.05, 0.1) is 6.61 Å². The fraction of sp³-hybridized carbons (Fsp3) is 0.951. The largest absolute Gasteiger partial charge is 0.472 e. The molecule has 0 aromatic heterocycles. The molecule has 4 unspecified atom stereocenters. The summed E-state index contributed by atoms with van der Waals surface area (Å²) in [5.74, 6) is -1.29. The van der Waals surface area contributed by atoms with Gasteiger partial charge in [0.15, 0.2) is 6.10 Å². The van der Waals surface area contributed by atoms with Crippen LogP contribution in [0, 0.1) is 0 Å². The van der Waals surface area contributed by atoms with E-state index in [9.17, 15) is 63.1 Å². The maximum absolute atomic E-state index is 13.1. The van der Waals surface area contributed by atoms with Gasteiger partial charge in [0.25, 0.3) is 0 Å². The molecule has 1 fully saturated rings. The Morgan fingerprint density at radius 2 is 0.844 bits per heavy atom. The van der Waals surface area contributed by atoms with Crippen molar-refractivity contribution in [2.75, 3.05) is 19.8 Å². The van der Waals surface area contributed by atoms with Gasteiger partial charge in [-0.15, -0.1) is 0 Å². The van der Waals surface area contributed by atoms with Crippen molar-refractivity contribution in [3.8, 4) is 0 Å². The highest BCUT2D eigenvalue weighted by Crippen LogP contribution is 2.51. The first-order valence-corrected chi connectivity index (χ1v) is 28.1. The van der Waals surface area contributed by atoms with E-state index >= 15 is 0 Å². The van der Waals surface area contributed by atoms with Crippen LogP contribution in [0.4, 0.5) is 0 Å². The molecule has 0 saturated heterocycles. The van der Waals surface area contributed by atoms with Gasteiger partial charge in [0.2, 0.25) is 0 Å². The Bertz CT molecular complexity index is 1370. The van der Waals surface area contributed by atoms with Gasteiger partial charge in [-0.2, -0.15) is 0 Å². The Hall–Kier alpha value is -0.890. The topological polar surface area (TPSA) is 329 Å². The van der Waals surface area contributed by atoms with E-state index in [1.807, 2.05) is 0 Å². The summed E-state index contributed by atoms with van der Waals surface area (Å²) in [6, 6.07) is 0. The zero-order valence-electron chi connectivity index (χ0n) is 37.9. The SMILES string of the molecule is CCCCCCCCCCCCCCCC(=O)O[C@H](COC(=O)CCCCCCCCCCCCCCCN)COP(=O)(O)OC1C(O)[C@H](O)C(OP(=O)(O)O)[C@H](OP(=O)(O)O)[C@@H]1O. The van der Waals surface area contributed by atoms with Gasteiger partial charge in [0, 0.05) is 12.8 Å². The third-order valence-corrected chi connectivity index (χ3v) is 13.0. The van der Waals surface area contributed by atoms with Crippen molar-refractivity contribution >= 4 is 35.4 Å². The Kier molecular flexibility index (Phi) is 33.7. The minimum atomic E-state index is -5.60. The van der Waals surface area contributed by atoms with Gasteiger partial charge in [-0.3, -0.25) is 27.7 Å². The molecule has 0 heterocycles. The Morgan fingerprint density at radius 1 is 0.484 bits per heavy atom. The molecule has 8 atom stereocenters. The number of unbranched alkanes of at least 4 members (excludes halogenated alkanes) is 24. The summed E-state index contributed by atoms with van der Waals surface area (Å²) < 4.78 is 65.4. The molecule has 1 saturated carbocycles. The molecule has 0 aliphatic heterocycles. The molecule has 20 nitrogen and oxygen atoms in total. The van der Waals surface area contributed by atoms with Crippen molar-refractivity contribution in [2.24, 2.45) is 5.73 Å². The van der Waals surface area contributed by atoms with Crippen LogP contribution in [0.3, 0.4) is 0 Å². The van der Waals surface area contributed by atoms with E-state index in [-0.39, 0.29) is 12.8 Å². The van der Waals surface area contributed by atoms with Crippen molar-refractivity contribution in [2.45, 2.75) is 229 Å². The molecule has 0 radical (unpaired) electrons. The summed E-state index contributed by atoms with van der Waals surface area (Å²) in [5, 5.41) is 31.8. The van der Waals surface area contributed by atoms with E-state index in [0.29, 0.717) is 12.8 Å². The van der Waals surface area contributed by atoms with Gasteiger partial charge in [-0.05, 0) is 25.8 Å². The smallest absolute Gasteiger partial charge is 0.462 e. The Morgan fingerprint density at radius 3 is 1.25 bits per heavy atom. The van der Waals surface area contributed by atoms with E-state index in [1.165, 1.54) is 89.9 Å². The molecule has 1 rings (SSSR count). The molecule has 0 aromatic rings. The van der Waals surface area contributed by atoms with E-state index in [2.05, 4.69) is 16.0 Å². The van der Waals surface area contributed by atoms with Gasteiger partial charge >= 0.3 is 35.4 Å². The van der Waals surface area contributed by atoms with Crippen LogP contribution in [0.1, 0.15) is 187 Å². The molecular formula is C41H82NO19P3. The maximum atomic E-state index is 13.1. The monoisotopic (exact) mass is 985 g/mol. The molecule has 0 spiro atoms. The number of hydrogen-bond donors (Lipinski definition) is 9. The number of aliphatic hydroxyl groups excluding tert-OH is 3. The second kappa shape index (κ2) is 35.3. The quantitative estimate of drug-likeness (QED) is 0.0171. The summed E-state index contributed by atoms with van der Waals surface area (Å²) in [4.78, 5) is 73.1. The fourth-order valence-corrected chi connectivity index (χ4v) is 9.57. The number of rotatable bonds is 41. The molecule has 0 amide bonds. The zero-order valence-corrected chi connectivity index (χ0v) is 40.6. The van der Waals surface area contributed by atoms with Crippen LogP contribution < -0.4 is 5.73 Å². The predicted molar refractivity (Wildman–Crippen MR) is 237 cm³/mol. The second-order valence-electron chi connectivity index (χ2n) is 16.8. The summed E-state index contributed by atoms with van der Waals surface area (Å²) in [6.45, 7) is 1.48. The number of aliphatic hydroxyl groups is 3. The van der Waals surface area contributed by atoms with Crippen molar-refractivity contribution in [1.82, 2.24) is 0 Å². The molecule has 0 bridgehead atoms. The minimum Gasteiger partial charge on any atom is -0.462 e. The van der Waals surface area contributed by atoms with E-state index < -0.39 is 91.3 Å². The maximum Gasteiger partial charge on any atom is 0.472 e. The first-order valence-electron chi connectivity index (χ1n) is 23.5. The van der Waals surface area contributed by atoms with Crippen LogP contribution in [0.25, 0.3) is 0 Å². The lowest BCUT2D eigenvalue weighted by atomic mass is 9.85. The summed E-state index contributed by atoms with van der Waals surface area (Å²) in [5.41, 5.74) is 5.53.